The number of hydrogen-bond acceptors (Lipinski definition) is 4. The van der Waals surface area contributed by atoms with Gasteiger partial charge in [0.1, 0.15) is 28.7 Å². The number of esters is 1. The van der Waals surface area contributed by atoms with Crippen LogP contribution in [-0.2, 0) is 4.79 Å². The summed E-state index contributed by atoms with van der Waals surface area (Å²) in [6.45, 7) is 1.42. The van der Waals surface area contributed by atoms with Crippen LogP contribution in [0.25, 0.3) is 0 Å². The molecule has 2 aliphatic rings. The zero-order valence-corrected chi connectivity index (χ0v) is 17.4. The molecule has 4 heteroatoms. The summed E-state index contributed by atoms with van der Waals surface area (Å²) in [5, 5.41) is 0. The summed E-state index contributed by atoms with van der Waals surface area (Å²) in [5.74, 6) is 3.19. The first-order chi connectivity index (χ1) is 15.7. The van der Waals surface area contributed by atoms with Crippen LogP contribution in [0.1, 0.15) is 41.0 Å². The van der Waals surface area contributed by atoms with Gasteiger partial charge in [0.2, 0.25) is 0 Å². The van der Waals surface area contributed by atoms with Crippen molar-refractivity contribution in [2.24, 2.45) is 0 Å². The van der Waals surface area contributed by atoms with E-state index in [4.69, 9.17) is 14.2 Å². The Morgan fingerprint density at radius 2 is 1.09 bits per heavy atom. The second-order valence-corrected chi connectivity index (χ2v) is 8.03. The molecule has 4 nitrogen and oxygen atoms in total. The molecule has 1 atom stereocenters. The molecule has 4 aromatic carbocycles. The Kier molecular flexibility index (Phi) is 4.25. The normalized spacial score (nSPS) is 15.8. The lowest BCUT2D eigenvalue weighted by Gasteiger charge is -2.38. The lowest BCUT2D eigenvalue weighted by Crippen LogP contribution is -2.23. The minimum absolute atomic E-state index is 0.0448. The predicted molar refractivity (Wildman–Crippen MR) is 121 cm³/mol. The van der Waals surface area contributed by atoms with E-state index < -0.39 is 0 Å². The second kappa shape index (κ2) is 7.27. The highest BCUT2D eigenvalue weighted by atomic mass is 16.5. The molecule has 0 saturated heterocycles. The molecule has 6 rings (SSSR count). The van der Waals surface area contributed by atoms with Crippen molar-refractivity contribution >= 4 is 5.97 Å². The van der Waals surface area contributed by atoms with Crippen LogP contribution in [0.3, 0.4) is 0 Å². The molecular formula is C28H20O4. The van der Waals surface area contributed by atoms with Gasteiger partial charge in [-0.15, -0.1) is 0 Å². The zero-order chi connectivity index (χ0) is 21.7. The first kappa shape index (κ1) is 18.7. The van der Waals surface area contributed by atoms with E-state index in [0.717, 1.165) is 39.5 Å². The number of carbonyl (C=O) groups is 1. The fourth-order valence-electron chi connectivity index (χ4n) is 4.92. The molecule has 0 fully saturated rings. The molecule has 32 heavy (non-hydrogen) atoms. The highest BCUT2D eigenvalue weighted by Crippen LogP contribution is 2.58. The van der Waals surface area contributed by atoms with Gasteiger partial charge >= 0.3 is 5.97 Å². The maximum absolute atomic E-state index is 11.9. The number of rotatable bonds is 2. The van der Waals surface area contributed by atoms with Gasteiger partial charge < -0.3 is 14.2 Å². The van der Waals surface area contributed by atoms with Crippen LogP contribution in [0.15, 0.2) is 91.0 Å². The van der Waals surface area contributed by atoms with E-state index in [1.54, 1.807) is 0 Å². The molecular weight excluding hydrogens is 400 g/mol. The molecule has 0 spiro atoms. The molecule has 2 aliphatic heterocycles. The van der Waals surface area contributed by atoms with Gasteiger partial charge in [0.05, 0.1) is 0 Å². The molecule has 156 valence electrons. The molecule has 1 unspecified atom stereocenters. The number of hydrogen-bond donors (Lipinski definition) is 0. The Bertz CT molecular complexity index is 1310. The Labute approximate surface area is 186 Å². The largest absolute Gasteiger partial charge is 0.457 e. The Balaban J connectivity index is 1.66. The quantitative estimate of drug-likeness (QED) is 0.265. The monoisotopic (exact) mass is 420 g/mol. The molecule has 2 heterocycles. The van der Waals surface area contributed by atoms with Crippen LogP contribution < -0.4 is 14.2 Å². The summed E-state index contributed by atoms with van der Waals surface area (Å²) in [4.78, 5) is 11.9. The van der Waals surface area contributed by atoms with E-state index in [0.29, 0.717) is 11.5 Å². The van der Waals surface area contributed by atoms with Crippen molar-refractivity contribution in [3.05, 3.63) is 113 Å². The van der Waals surface area contributed by atoms with Gasteiger partial charge in [-0.2, -0.15) is 0 Å². The van der Waals surface area contributed by atoms with E-state index in [2.05, 4.69) is 18.2 Å². The average molecular weight is 420 g/mol. The van der Waals surface area contributed by atoms with Crippen LogP contribution in [0.5, 0.6) is 28.7 Å². The van der Waals surface area contributed by atoms with Crippen LogP contribution in [0.2, 0.25) is 0 Å². The summed E-state index contributed by atoms with van der Waals surface area (Å²) in [5.41, 5.74) is 4.11. The van der Waals surface area contributed by atoms with Gasteiger partial charge in [-0.1, -0.05) is 60.7 Å². The Morgan fingerprint density at radius 1 is 0.625 bits per heavy atom. The minimum atomic E-state index is -0.358. The van der Waals surface area contributed by atoms with E-state index >= 15 is 0 Å². The molecule has 4 aromatic rings. The zero-order valence-electron chi connectivity index (χ0n) is 17.4. The topological polar surface area (TPSA) is 44.8 Å². The van der Waals surface area contributed by atoms with E-state index in [1.807, 2.05) is 72.8 Å². The molecule has 0 aliphatic carbocycles. The molecule has 0 saturated carbocycles. The third kappa shape index (κ3) is 2.88. The van der Waals surface area contributed by atoms with Crippen LogP contribution >= 0.6 is 0 Å². The summed E-state index contributed by atoms with van der Waals surface area (Å²) in [6.07, 6.45) is 0. The third-order valence-electron chi connectivity index (χ3n) is 6.13. The van der Waals surface area contributed by atoms with E-state index in [9.17, 15) is 4.79 Å². The minimum Gasteiger partial charge on any atom is -0.457 e. The molecule has 0 N–H and O–H groups in total. The molecule has 0 amide bonds. The predicted octanol–water partition coefficient (Wildman–Crippen LogP) is 6.79. The van der Waals surface area contributed by atoms with Gasteiger partial charge in [-0.05, 0) is 30.3 Å². The standard InChI is InChI=1S/C28H20O4/c1-17(29)30-24-15-8-16-25-28(24)27(20-11-4-7-14-23(20)32-25)26-18-9-2-5-12-21(18)31-22-13-6-3-10-19(22)26/h2-16,26-27H,1H3. The highest BCUT2D eigenvalue weighted by molar-refractivity contribution is 5.72. The number of ether oxygens (including phenoxy) is 3. The van der Waals surface area contributed by atoms with E-state index in [1.165, 1.54) is 6.92 Å². The molecule has 0 radical (unpaired) electrons. The highest BCUT2D eigenvalue weighted by Gasteiger charge is 2.41. The Hall–Kier alpha value is -4.05. The lowest BCUT2D eigenvalue weighted by molar-refractivity contribution is -0.131. The maximum Gasteiger partial charge on any atom is 0.308 e. The molecule has 0 aromatic heterocycles. The number of fused-ring (bicyclic) bond motifs is 4. The number of benzene rings is 4. The summed E-state index contributed by atoms with van der Waals surface area (Å²) < 4.78 is 18.2. The summed E-state index contributed by atoms with van der Waals surface area (Å²) >= 11 is 0. The van der Waals surface area contributed by atoms with Crippen molar-refractivity contribution in [1.82, 2.24) is 0 Å². The maximum atomic E-state index is 11.9. The first-order valence-electron chi connectivity index (χ1n) is 10.6. The average Bonchev–Trinajstić information content (AvgIpc) is 2.81. The summed E-state index contributed by atoms with van der Waals surface area (Å²) in [7, 11) is 0. The lowest BCUT2D eigenvalue weighted by atomic mass is 9.71. The van der Waals surface area contributed by atoms with Crippen molar-refractivity contribution in [2.75, 3.05) is 0 Å². The second-order valence-electron chi connectivity index (χ2n) is 8.03. The van der Waals surface area contributed by atoms with Gasteiger partial charge in [0.15, 0.2) is 0 Å². The third-order valence-corrected chi connectivity index (χ3v) is 6.13. The van der Waals surface area contributed by atoms with Crippen molar-refractivity contribution in [3.8, 4) is 28.7 Å². The van der Waals surface area contributed by atoms with Gasteiger partial charge in [-0.25, -0.2) is 0 Å². The number of carbonyl (C=O) groups excluding carboxylic acids is 1. The Morgan fingerprint density at radius 3 is 1.66 bits per heavy atom. The van der Waals surface area contributed by atoms with Gasteiger partial charge in [0, 0.05) is 41.0 Å². The van der Waals surface area contributed by atoms with E-state index in [-0.39, 0.29) is 17.8 Å². The molecule has 0 bridgehead atoms. The smallest absolute Gasteiger partial charge is 0.308 e. The first-order valence-corrected chi connectivity index (χ1v) is 10.6. The van der Waals surface area contributed by atoms with Crippen molar-refractivity contribution in [1.29, 1.82) is 0 Å². The fourth-order valence-corrected chi connectivity index (χ4v) is 4.92. The van der Waals surface area contributed by atoms with Crippen LogP contribution in [0.4, 0.5) is 0 Å². The fraction of sp³-hybridized carbons (Fsp3) is 0.107. The number of para-hydroxylation sites is 3. The van der Waals surface area contributed by atoms with Crippen LogP contribution in [-0.4, -0.2) is 5.97 Å². The van der Waals surface area contributed by atoms with Crippen molar-refractivity contribution in [2.45, 2.75) is 18.8 Å². The SMILES string of the molecule is CC(=O)Oc1cccc2c1C(C1c3ccccc3Oc3ccccc31)c1ccccc1O2. The summed E-state index contributed by atoms with van der Waals surface area (Å²) in [6, 6.07) is 30.0. The van der Waals surface area contributed by atoms with Gasteiger partial charge in [-0.3, -0.25) is 4.79 Å². The van der Waals surface area contributed by atoms with Crippen molar-refractivity contribution in [3.63, 3.8) is 0 Å². The van der Waals surface area contributed by atoms with Crippen LogP contribution in [0, 0.1) is 0 Å². The van der Waals surface area contributed by atoms with Crippen molar-refractivity contribution < 1.29 is 19.0 Å². The van der Waals surface area contributed by atoms with Gasteiger partial charge in [0.25, 0.3) is 0 Å².